The molecule has 0 amide bonds. The summed E-state index contributed by atoms with van der Waals surface area (Å²) in [5, 5.41) is 3.57. The molecule has 1 unspecified atom stereocenters. The highest BCUT2D eigenvalue weighted by atomic mass is 19.4. The molecule has 1 spiro atoms. The van der Waals surface area contributed by atoms with E-state index in [2.05, 4.69) is 5.32 Å². The summed E-state index contributed by atoms with van der Waals surface area (Å²) in [6.45, 7) is 4.49. The molecule has 1 N–H and O–H groups in total. The van der Waals surface area contributed by atoms with Crippen LogP contribution in [0.5, 0.6) is 0 Å². The zero-order chi connectivity index (χ0) is 14.1. The molecule has 1 heterocycles. The molecule has 2 rings (SSSR count). The van der Waals surface area contributed by atoms with Crippen LogP contribution >= 0.6 is 0 Å². The van der Waals surface area contributed by atoms with Crippen molar-refractivity contribution in [1.29, 1.82) is 0 Å². The molecule has 0 aromatic heterocycles. The van der Waals surface area contributed by atoms with Gasteiger partial charge in [0.2, 0.25) is 0 Å². The molecule has 112 valence electrons. The van der Waals surface area contributed by atoms with Crippen molar-refractivity contribution in [3.63, 3.8) is 0 Å². The van der Waals surface area contributed by atoms with E-state index >= 15 is 0 Å². The first-order valence-corrected chi connectivity index (χ1v) is 7.37. The lowest BCUT2D eigenvalue weighted by atomic mass is 9.78. The molecule has 2 nitrogen and oxygen atoms in total. The van der Waals surface area contributed by atoms with Crippen molar-refractivity contribution in [1.82, 2.24) is 10.2 Å². The highest BCUT2D eigenvalue weighted by Gasteiger charge is 2.44. The van der Waals surface area contributed by atoms with Gasteiger partial charge in [0.1, 0.15) is 0 Å². The maximum atomic E-state index is 12.8. The average Bonchev–Trinajstić information content (AvgIpc) is 2.27. The second kappa shape index (κ2) is 5.60. The summed E-state index contributed by atoms with van der Waals surface area (Å²) < 4.78 is 38.3. The van der Waals surface area contributed by atoms with Crippen LogP contribution < -0.4 is 5.32 Å². The first kappa shape index (κ1) is 15.1. The Morgan fingerprint density at radius 2 is 1.84 bits per heavy atom. The molecule has 1 saturated heterocycles. The van der Waals surface area contributed by atoms with Crippen molar-refractivity contribution >= 4 is 0 Å². The van der Waals surface area contributed by atoms with Gasteiger partial charge in [-0.3, -0.25) is 4.90 Å². The van der Waals surface area contributed by atoms with Crippen molar-refractivity contribution < 1.29 is 13.2 Å². The molecule has 0 radical (unpaired) electrons. The van der Waals surface area contributed by atoms with Crippen LogP contribution in [-0.4, -0.2) is 42.3 Å². The fraction of sp³-hybridized carbons (Fsp3) is 1.00. The maximum Gasteiger partial charge on any atom is 0.401 e. The quantitative estimate of drug-likeness (QED) is 0.834. The molecular weight excluding hydrogens is 253 g/mol. The number of piperazine rings is 1. The summed E-state index contributed by atoms with van der Waals surface area (Å²) in [4.78, 5) is 1.67. The third-order valence-electron chi connectivity index (χ3n) is 4.62. The van der Waals surface area contributed by atoms with Gasteiger partial charge in [0, 0.05) is 24.7 Å². The van der Waals surface area contributed by atoms with E-state index in [0.717, 1.165) is 25.7 Å². The Morgan fingerprint density at radius 1 is 1.21 bits per heavy atom. The van der Waals surface area contributed by atoms with E-state index in [9.17, 15) is 13.2 Å². The molecule has 2 fully saturated rings. The number of hydrogen-bond acceptors (Lipinski definition) is 2. The lowest BCUT2D eigenvalue weighted by Crippen LogP contribution is -2.66. The molecule has 5 heteroatoms. The molecule has 19 heavy (non-hydrogen) atoms. The van der Waals surface area contributed by atoms with Crippen molar-refractivity contribution in [3.8, 4) is 0 Å². The Hall–Kier alpha value is -0.290. The molecule has 0 aromatic rings. The van der Waals surface area contributed by atoms with Crippen LogP contribution in [0.4, 0.5) is 13.2 Å². The third kappa shape index (κ3) is 3.85. The van der Waals surface area contributed by atoms with Crippen molar-refractivity contribution in [2.24, 2.45) is 5.92 Å². The second-order valence-electron chi connectivity index (χ2n) is 6.55. The molecule has 0 aromatic carbocycles. The fourth-order valence-electron chi connectivity index (χ4n) is 3.64. The summed E-state index contributed by atoms with van der Waals surface area (Å²) >= 11 is 0. The molecule has 1 aliphatic heterocycles. The lowest BCUT2D eigenvalue weighted by Gasteiger charge is -2.51. The second-order valence-corrected chi connectivity index (χ2v) is 6.55. The van der Waals surface area contributed by atoms with Gasteiger partial charge in [-0.05, 0) is 18.8 Å². The first-order chi connectivity index (χ1) is 8.81. The van der Waals surface area contributed by atoms with Crippen LogP contribution in [0.1, 0.15) is 46.0 Å². The van der Waals surface area contributed by atoms with E-state index in [-0.39, 0.29) is 17.5 Å². The Balaban J connectivity index is 2.08. The van der Waals surface area contributed by atoms with Gasteiger partial charge in [-0.2, -0.15) is 13.2 Å². The molecule has 2 aliphatic rings. The van der Waals surface area contributed by atoms with Gasteiger partial charge in [-0.15, -0.1) is 0 Å². The zero-order valence-electron chi connectivity index (χ0n) is 11.9. The normalized spacial score (nSPS) is 29.1. The van der Waals surface area contributed by atoms with Crippen molar-refractivity contribution in [2.75, 3.05) is 19.6 Å². The standard InChI is InChI=1S/C14H25F3N2/c1-11(2)12-8-18-13(6-4-3-5-7-13)9-19(12)10-14(15,16)17/h11-12,18H,3-10H2,1-2H3. The number of rotatable bonds is 2. The predicted octanol–water partition coefficient (Wildman–Crippen LogP) is 3.18. The monoisotopic (exact) mass is 278 g/mol. The van der Waals surface area contributed by atoms with Crippen LogP contribution in [0.2, 0.25) is 0 Å². The van der Waals surface area contributed by atoms with E-state index in [0.29, 0.717) is 13.1 Å². The number of halogens is 3. The fourth-order valence-corrected chi connectivity index (χ4v) is 3.64. The van der Waals surface area contributed by atoms with E-state index in [1.807, 2.05) is 13.8 Å². The van der Waals surface area contributed by atoms with Crippen LogP contribution in [0.15, 0.2) is 0 Å². The molecular formula is C14H25F3N2. The zero-order valence-corrected chi connectivity index (χ0v) is 11.9. The summed E-state index contributed by atoms with van der Waals surface area (Å²) in [5.74, 6) is 0.246. The van der Waals surface area contributed by atoms with Gasteiger partial charge in [-0.1, -0.05) is 33.1 Å². The van der Waals surface area contributed by atoms with Gasteiger partial charge in [0.25, 0.3) is 0 Å². The summed E-state index contributed by atoms with van der Waals surface area (Å²) in [6.07, 6.45) is 1.44. The van der Waals surface area contributed by atoms with E-state index < -0.39 is 12.7 Å². The third-order valence-corrected chi connectivity index (χ3v) is 4.62. The van der Waals surface area contributed by atoms with Gasteiger partial charge in [0.05, 0.1) is 6.54 Å². The highest BCUT2D eigenvalue weighted by molar-refractivity contribution is 5.00. The van der Waals surface area contributed by atoms with Crippen LogP contribution in [0.25, 0.3) is 0 Å². The minimum Gasteiger partial charge on any atom is -0.308 e. The Kier molecular flexibility index (Phi) is 4.45. The number of alkyl halides is 3. The van der Waals surface area contributed by atoms with Crippen LogP contribution in [0.3, 0.4) is 0 Å². The molecule has 0 bridgehead atoms. The number of hydrogen-bond donors (Lipinski definition) is 1. The first-order valence-electron chi connectivity index (χ1n) is 7.37. The summed E-state index contributed by atoms with van der Waals surface area (Å²) in [7, 11) is 0. The Morgan fingerprint density at radius 3 is 2.37 bits per heavy atom. The smallest absolute Gasteiger partial charge is 0.308 e. The lowest BCUT2D eigenvalue weighted by molar-refractivity contribution is -0.160. The van der Waals surface area contributed by atoms with Crippen LogP contribution in [0, 0.1) is 5.92 Å². The van der Waals surface area contributed by atoms with E-state index in [4.69, 9.17) is 0 Å². The Bertz CT molecular complexity index is 296. The Labute approximate surface area is 113 Å². The average molecular weight is 278 g/mol. The van der Waals surface area contributed by atoms with Crippen LogP contribution in [-0.2, 0) is 0 Å². The minimum atomic E-state index is -4.10. The maximum absolute atomic E-state index is 12.8. The summed E-state index contributed by atoms with van der Waals surface area (Å²) in [5.41, 5.74) is -0.0606. The summed E-state index contributed by atoms with van der Waals surface area (Å²) in [6, 6.07) is -0.00539. The topological polar surface area (TPSA) is 15.3 Å². The van der Waals surface area contributed by atoms with Crippen molar-refractivity contribution in [2.45, 2.75) is 63.7 Å². The van der Waals surface area contributed by atoms with Gasteiger partial charge in [0.15, 0.2) is 0 Å². The van der Waals surface area contributed by atoms with Gasteiger partial charge < -0.3 is 5.32 Å². The molecule has 1 saturated carbocycles. The minimum absolute atomic E-state index is 0.00539. The number of nitrogens with one attached hydrogen (secondary N) is 1. The predicted molar refractivity (Wildman–Crippen MR) is 70.1 cm³/mol. The van der Waals surface area contributed by atoms with Gasteiger partial charge in [-0.25, -0.2) is 0 Å². The van der Waals surface area contributed by atoms with E-state index in [1.54, 1.807) is 4.90 Å². The largest absolute Gasteiger partial charge is 0.401 e. The van der Waals surface area contributed by atoms with Gasteiger partial charge >= 0.3 is 6.18 Å². The van der Waals surface area contributed by atoms with E-state index in [1.165, 1.54) is 6.42 Å². The molecule has 1 atom stereocenters. The number of nitrogens with zero attached hydrogens (tertiary/aromatic N) is 1. The SMILES string of the molecule is CC(C)C1CNC2(CCCCC2)CN1CC(F)(F)F. The molecule has 1 aliphatic carbocycles. The van der Waals surface area contributed by atoms with Crippen molar-refractivity contribution in [3.05, 3.63) is 0 Å². The highest BCUT2D eigenvalue weighted by Crippen LogP contribution is 2.34.